The van der Waals surface area contributed by atoms with Gasteiger partial charge in [-0.3, -0.25) is 9.59 Å². The SMILES string of the molecule is COc1ccc(C)cc1NC(=O)Cn1nc(C)ccc1=O. The van der Waals surface area contributed by atoms with Gasteiger partial charge in [-0.25, -0.2) is 4.68 Å². The summed E-state index contributed by atoms with van der Waals surface area (Å²) in [6.45, 7) is 3.54. The van der Waals surface area contributed by atoms with Crippen molar-refractivity contribution in [2.24, 2.45) is 0 Å². The van der Waals surface area contributed by atoms with Crippen LogP contribution in [0.1, 0.15) is 11.3 Å². The number of rotatable bonds is 4. The van der Waals surface area contributed by atoms with E-state index < -0.39 is 0 Å². The van der Waals surface area contributed by atoms with Gasteiger partial charge in [0.15, 0.2) is 0 Å². The molecule has 110 valence electrons. The molecule has 1 aromatic heterocycles. The summed E-state index contributed by atoms with van der Waals surface area (Å²) in [5.41, 5.74) is 1.93. The lowest BCUT2D eigenvalue weighted by atomic mass is 10.2. The minimum Gasteiger partial charge on any atom is -0.495 e. The van der Waals surface area contributed by atoms with Gasteiger partial charge in [0.25, 0.3) is 5.56 Å². The molecule has 0 aliphatic carbocycles. The first-order valence-electron chi connectivity index (χ1n) is 6.49. The molecule has 2 aromatic rings. The van der Waals surface area contributed by atoms with Gasteiger partial charge in [0.1, 0.15) is 12.3 Å². The number of nitrogens with zero attached hydrogens (tertiary/aromatic N) is 2. The Morgan fingerprint density at radius 2 is 2.05 bits per heavy atom. The Kier molecular flexibility index (Phi) is 4.37. The number of carbonyl (C=O) groups excluding carboxylic acids is 1. The molecule has 1 heterocycles. The van der Waals surface area contributed by atoms with Crippen LogP contribution in [0, 0.1) is 13.8 Å². The Morgan fingerprint density at radius 1 is 1.29 bits per heavy atom. The maximum atomic E-state index is 12.1. The van der Waals surface area contributed by atoms with E-state index in [4.69, 9.17) is 4.74 Å². The molecule has 1 N–H and O–H groups in total. The highest BCUT2D eigenvalue weighted by Gasteiger charge is 2.10. The van der Waals surface area contributed by atoms with Gasteiger partial charge in [-0.05, 0) is 37.6 Å². The van der Waals surface area contributed by atoms with Crippen molar-refractivity contribution in [3.63, 3.8) is 0 Å². The Morgan fingerprint density at radius 3 is 2.76 bits per heavy atom. The van der Waals surface area contributed by atoms with Crippen LogP contribution >= 0.6 is 0 Å². The van der Waals surface area contributed by atoms with Gasteiger partial charge in [0.05, 0.1) is 18.5 Å². The van der Waals surface area contributed by atoms with Crippen molar-refractivity contribution in [1.82, 2.24) is 9.78 Å². The zero-order valence-corrected chi connectivity index (χ0v) is 12.2. The molecule has 0 unspecified atom stereocenters. The Hall–Kier alpha value is -2.63. The first kappa shape index (κ1) is 14.8. The maximum Gasteiger partial charge on any atom is 0.267 e. The Bertz CT molecular complexity index is 722. The normalized spacial score (nSPS) is 10.2. The summed E-state index contributed by atoms with van der Waals surface area (Å²) < 4.78 is 6.33. The van der Waals surface area contributed by atoms with Gasteiger partial charge in [0.2, 0.25) is 5.91 Å². The summed E-state index contributed by atoms with van der Waals surface area (Å²) in [5.74, 6) is 0.234. The third-order valence-electron chi connectivity index (χ3n) is 2.92. The number of amides is 1. The number of nitrogens with one attached hydrogen (secondary N) is 1. The third-order valence-corrected chi connectivity index (χ3v) is 2.92. The molecule has 6 nitrogen and oxygen atoms in total. The van der Waals surface area contributed by atoms with E-state index in [1.807, 2.05) is 19.1 Å². The number of hydrogen-bond donors (Lipinski definition) is 1. The van der Waals surface area contributed by atoms with Gasteiger partial charge < -0.3 is 10.1 Å². The summed E-state index contributed by atoms with van der Waals surface area (Å²) in [7, 11) is 1.53. The number of carbonyl (C=O) groups is 1. The van der Waals surface area contributed by atoms with Crippen LogP contribution in [0.3, 0.4) is 0 Å². The van der Waals surface area contributed by atoms with Crippen molar-refractivity contribution in [3.05, 3.63) is 51.9 Å². The van der Waals surface area contributed by atoms with Crippen LogP contribution in [-0.4, -0.2) is 22.8 Å². The van der Waals surface area contributed by atoms with Crippen LogP contribution in [0.5, 0.6) is 5.75 Å². The molecule has 6 heteroatoms. The molecule has 0 spiro atoms. The second-order valence-electron chi connectivity index (χ2n) is 4.72. The molecule has 1 amide bonds. The van der Waals surface area contributed by atoms with Gasteiger partial charge in [-0.2, -0.15) is 5.10 Å². The highest BCUT2D eigenvalue weighted by atomic mass is 16.5. The molecule has 0 bridgehead atoms. The standard InChI is InChI=1S/C15H17N3O3/c1-10-4-6-13(21-3)12(8-10)16-14(19)9-18-15(20)7-5-11(2)17-18/h4-8H,9H2,1-3H3,(H,16,19). The average Bonchev–Trinajstić information content (AvgIpc) is 2.43. The fourth-order valence-corrected chi connectivity index (χ4v) is 1.91. The Labute approximate surface area is 122 Å². The van der Waals surface area contributed by atoms with Crippen LogP contribution in [0.2, 0.25) is 0 Å². The molecule has 1 aromatic carbocycles. The largest absolute Gasteiger partial charge is 0.495 e. The molecule has 0 saturated carbocycles. The first-order chi connectivity index (χ1) is 9.99. The molecular formula is C15H17N3O3. The molecule has 0 saturated heterocycles. The third kappa shape index (κ3) is 3.68. The van der Waals surface area contributed by atoms with Gasteiger partial charge in [-0.1, -0.05) is 6.07 Å². The Balaban J connectivity index is 2.17. The van der Waals surface area contributed by atoms with E-state index in [1.165, 1.54) is 13.2 Å². The second-order valence-corrected chi connectivity index (χ2v) is 4.72. The van der Waals surface area contributed by atoms with E-state index in [-0.39, 0.29) is 18.0 Å². The monoisotopic (exact) mass is 287 g/mol. The molecular weight excluding hydrogens is 270 g/mol. The van der Waals surface area contributed by atoms with Crippen molar-refractivity contribution in [2.75, 3.05) is 12.4 Å². The topological polar surface area (TPSA) is 73.2 Å². The maximum absolute atomic E-state index is 12.1. The fraction of sp³-hybridized carbons (Fsp3) is 0.267. The molecule has 0 aliphatic heterocycles. The molecule has 0 fully saturated rings. The number of aryl methyl sites for hydroxylation is 2. The van der Waals surface area contributed by atoms with Crippen molar-refractivity contribution < 1.29 is 9.53 Å². The summed E-state index contributed by atoms with van der Waals surface area (Å²) in [4.78, 5) is 23.7. The lowest BCUT2D eigenvalue weighted by molar-refractivity contribution is -0.117. The van der Waals surface area contributed by atoms with E-state index in [1.54, 1.807) is 19.1 Å². The van der Waals surface area contributed by atoms with Gasteiger partial charge in [-0.15, -0.1) is 0 Å². The summed E-state index contributed by atoms with van der Waals surface area (Å²) in [5, 5.41) is 6.76. The first-order valence-corrected chi connectivity index (χ1v) is 6.49. The zero-order chi connectivity index (χ0) is 15.4. The van der Waals surface area contributed by atoms with Crippen molar-refractivity contribution in [2.45, 2.75) is 20.4 Å². The number of ether oxygens (including phenoxy) is 1. The predicted molar refractivity (Wildman–Crippen MR) is 79.6 cm³/mol. The quantitative estimate of drug-likeness (QED) is 0.925. The van der Waals surface area contributed by atoms with Gasteiger partial charge in [0, 0.05) is 6.07 Å². The van der Waals surface area contributed by atoms with E-state index in [0.717, 1.165) is 10.2 Å². The zero-order valence-electron chi connectivity index (χ0n) is 12.2. The van der Waals surface area contributed by atoms with Crippen molar-refractivity contribution in [3.8, 4) is 5.75 Å². The van der Waals surface area contributed by atoms with E-state index in [2.05, 4.69) is 10.4 Å². The van der Waals surface area contributed by atoms with E-state index in [9.17, 15) is 9.59 Å². The van der Waals surface area contributed by atoms with Gasteiger partial charge >= 0.3 is 0 Å². The smallest absolute Gasteiger partial charge is 0.267 e. The summed E-state index contributed by atoms with van der Waals surface area (Å²) in [6.07, 6.45) is 0. The lowest BCUT2D eigenvalue weighted by Gasteiger charge is -2.11. The van der Waals surface area contributed by atoms with E-state index >= 15 is 0 Å². The summed E-state index contributed by atoms with van der Waals surface area (Å²) >= 11 is 0. The molecule has 0 aliphatic rings. The fourth-order valence-electron chi connectivity index (χ4n) is 1.91. The van der Waals surface area contributed by atoms with E-state index in [0.29, 0.717) is 17.1 Å². The van der Waals surface area contributed by atoms with Crippen molar-refractivity contribution >= 4 is 11.6 Å². The molecule has 0 radical (unpaired) electrons. The minimum absolute atomic E-state index is 0.141. The lowest BCUT2D eigenvalue weighted by Crippen LogP contribution is -2.29. The summed E-state index contributed by atoms with van der Waals surface area (Å²) in [6, 6.07) is 8.48. The molecule has 0 atom stereocenters. The van der Waals surface area contributed by atoms with Crippen LogP contribution in [-0.2, 0) is 11.3 Å². The van der Waals surface area contributed by atoms with Crippen LogP contribution in [0.4, 0.5) is 5.69 Å². The minimum atomic E-state index is -0.334. The predicted octanol–water partition coefficient (Wildman–Crippen LogP) is 1.51. The highest BCUT2D eigenvalue weighted by molar-refractivity contribution is 5.92. The highest BCUT2D eigenvalue weighted by Crippen LogP contribution is 2.25. The average molecular weight is 287 g/mol. The molecule has 21 heavy (non-hydrogen) atoms. The second kappa shape index (κ2) is 6.21. The van der Waals surface area contributed by atoms with Crippen LogP contribution < -0.4 is 15.6 Å². The number of benzene rings is 1. The number of methoxy groups -OCH3 is 1. The number of hydrogen-bond acceptors (Lipinski definition) is 4. The van der Waals surface area contributed by atoms with Crippen LogP contribution in [0.15, 0.2) is 35.1 Å². The number of aromatic nitrogens is 2. The van der Waals surface area contributed by atoms with Crippen LogP contribution in [0.25, 0.3) is 0 Å². The molecule has 2 rings (SSSR count). The number of anilines is 1. The van der Waals surface area contributed by atoms with Crippen molar-refractivity contribution in [1.29, 1.82) is 0 Å².